The Labute approximate surface area is 178 Å². The van der Waals surface area contributed by atoms with E-state index in [9.17, 15) is 0 Å². The molecule has 5 nitrogen and oxygen atoms in total. The summed E-state index contributed by atoms with van der Waals surface area (Å²) in [5.74, 6) is 1.70. The molecule has 1 saturated heterocycles. The first-order valence-electron chi connectivity index (χ1n) is 10.2. The van der Waals surface area contributed by atoms with Gasteiger partial charge in [0.05, 0.1) is 6.61 Å². The lowest BCUT2D eigenvalue weighted by Gasteiger charge is -2.38. The standard InChI is InChI=1S/C23H30ClN3O2/c1-3-29-21-10-6-19(7-11-21)23(12-14-28-15-13-23)17-27-22(25-2)26-16-18-4-8-20(24)9-5-18/h4-11H,3,12-17H2,1-2H3,(H2,25,26,27). The van der Waals surface area contributed by atoms with E-state index in [4.69, 9.17) is 21.1 Å². The summed E-state index contributed by atoms with van der Waals surface area (Å²) in [6.45, 7) is 5.70. The van der Waals surface area contributed by atoms with Gasteiger partial charge < -0.3 is 20.1 Å². The summed E-state index contributed by atoms with van der Waals surface area (Å²) >= 11 is 5.96. The molecule has 1 heterocycles. The summed E-state index contributed by atoms with van der Waals surface area (Å²) in [7, 11) is 1.80. The molecule has 2 aromatic rings. The number of halogens is 1. The number of ether oxygens (including phenoxy) is 2. The second-order valence-electron chi connectivity index (χ2n) is 7.26. The van der Waals surface area contributed by atoms with E-state index in [0.717, 1.165) is 54.9 Å². The van der Waals surface area contributed by atoms with E-state index in [0.29, 0.717) is 13.2 Å². The smallest absolute Gasteiger partial charge is 0.191 e. The van der Waals surface area contributed by atoms with Crippen molar-refractivity contribution in [3.8, 4) is 5.75 Å². The Kier molecular flexibility index (Phi) is 7.78. The molecule has 0 saturated carbocycles. The molecule has 1 fully saturated rings. The van der Waals surface area contributed by atoms with Gasteiger partial charge in [0.2, 0.25) is 0 Å². The van der Waals surface area contributed by atoms with Crippen molar-refractivity contribution in [2.24, 2.45) is 4.99 Å². The average molecular weight is 416 g/mol. The van der Waals surface area contributed by atoms with Crippen LogP contribution in [-0.4, -0.2) is 39.4 Å². The minimum absolute atomic E-state index is 0.0148. The van der Waals surface area contributed by atoms with Crippen molar-refractivity contribution < 1.29 is 9.47 Å². The van der Waals surface area contributed by atoms with E-state index in [-0.39, 0.29) is 5.41 Å². The van der Waals surface area contributed by atoms with Crippen LogP contribution in [0.2, 0.25) is 5.02 Å². The van der Waals surface area contributed by atoms with Crippen LogP contribution in [0, 0.1) is 0 Å². The molecule has 6 heteroatoms. The molecule has 1 aliphatic heterocycles. The number of nitrogens with zero attached hydrogens (tertiary/aromatic N) is 1. The molecule has 0 aliphatic carbocycles. The maximum Gasteiger partial charge on any atom is 0.191 e. The van der Waals surface area contributed by atoms with Gasteiger partial charge in [0, 0.05) is 43.8 Å². The summed E-state index contributed by atoms with van der Waals surface area (Å²) in [4.78, 5) is 4.39. The van der Waals surface area contributed by atoms with Crippen LogP contribution < -0.4 is 15.4 Å². The Balaban J connectivity index is 1.65. The lowest BCUT2D eigenvalue weighted by atomic mass is 9.74. The van der Waals surface area contributed by atoms with Crippen LogP contribution in [0.25, 0.3) is 0 Å². The number of rotatable bonds is 7. The number of guanidine groups is 1. The predicted octanol–water partition coefficient (Wildman–Crippen LogP) is 4.15. The van der Waals surface area contributed by atoms with Gasteiger partial charge in [-0.2, -0.15) is 0 Å². The molecule has 2 N–H and O–H groups in total. The second kappa shape index (κ2) is 10.5. The van der Waals surface area contributed by atoms with Gasteiger partial charge in [0.25, 0.3) is 0 Å². The quantitative estimate of drug-likeness (QED) is 0.526. The largest absolute Gasteiger partial charge is 0.494 e. The molecule has 29 heavy (non-hydrogen) atoms. The lowest BCUT2D eigenvalue weighted by molar-refractivity contribution is 0.0513. The van der Waals surface area contributed by atoms with Crippen molar-refractivity contribution in [2.75, 3.05) is 33.4 Å². The topological polar surface area (TPSA) is 54.9 Å². The van der Waals surface area contributed by atoms with Gasteiger partial charge in [-0.05, 0) is 55.2 Å². The van der Waals surface area contributed by atoms with Crippen LogP contribution in [-0.2, 0) is 16.7 Å². The first kappa shape index (κ1) is 21.5. The zero-order chi connectivity index (χ0) is 20.5. The molecule has 0 aromatic heterocycles. The Bertz CT molecular complexity index is 785. The lowest BCUT2D eigenvalue weighted by Crippen LogP contribution is -2.47. The molecular weight excluding hydrogens is 386 g/mol. The number of nitrogens with one attached hydrogen (secondary N) is 2. The van der Waals surface area contributed by atoms with Crippen LogP contribution in [0.1, 0.15) is 30.9 Å². The highest BCUT2D eigenvalue weighted by atomic mass is 35.5. The summed E-state index contributed by atoms with van der Waals surface area (Å²) in [5, 5.41) is 7.65. The fourth-order valence-electron chi connectivity index (χ4n) is 3.66. The number of hydrogen-bond donors (Lipinski definition) is 2. The van der Waals surface area contributed by atoms with Crippen molar-refractivity contribution >= 4 is 17.6 Å². The first-order valence-corrected chi connectivity index (χ1v) is 10.5. The Hall–Kier alpha value is -2.24. The van der Waals surface area contributed by atoms with Gasteiger partial charge in [-0.25, -0.2) is 0 Å². The maximum atomic E-state index is 5.96. The minimum Gasteiger partial charge on any atom is -0.494 e. The monoisotopic (exact) mass is 415 g/mol. The van der Waals surface area contributed by atoms with E-state index in [1.807, 2.05) is 31.2 Å². The molecule has 0 unspecified atom stereocenters. The molecule has 2 aromatic carbocycles. The first-order chi connectivity index (χ1) is 14.1. The number of aliphatic imine (C=N–C) groups is 1. The highest BCUT2D eigenvalue weighted by molar-refractivity contribution is 6.30. The molecule has 0 spiro atoms. The second-order valence-corrected chi connectivity index (χ2v) is 7.69. The van der Waals surface area contributed by atoms with Gasteiger partial charge in [-0.1, -0.05) is 35.9 Å². The maximum absolute atomic E-state index is 5.96. The van der Waals surface area contributed by atoms with Gasteiger partial charge in [0.15, 0.2) is 5.96 Å². The molecule has 156 valence electrons. The third-order valence-electron chi connectivity index (χ3n) is 5.42. The van der Waals surface area contributed by atoms with Crippen molar-refractivity contribution in [3.63, 3.8) is 0 Å². The van der Waals surface area contributed by atoms with Crippen LogP contribution in [0.4, 0.5) is 0 Å². The van der Waals surface area contributed by atoms with Crippen molar-refractivity contribution in [1.82, 2.24) is 10.6 Å². The molecule has 0 atom stereocenters. The van der Waals surface area contributed by atoms with Crippen LogP contribution in [0.3, 0.4) is 0 Å². The molecule has 0 radical (unpaired) electrons. The predicted molar refractivity (Wildman–Crippen MR) is 119 cm³/mol. The third kappa shape index (κ3) is 5.87. The summed E-state index contributed by atoms with van der Waals surface area (Å²) < 4.78 is 11.2. The van der Waals surface area contributed by atoms with Crippen molar-refractivity contribution in [1.29, 1.82) is 0 Å². The van der Waals surface area contributed by atoms with Gasteiger partial charge in [-0.15, -0.1) is 0 Å². The summed E-state index contributed by atoms with van der Waals surface area (Å²) in [6, 6.07) is 16.3. The van der Waals surface area contributed by atoms with E-state index >= 15 is 0 Å². The molecule has 0 amide bonds. The highest BCUT2D eigenvalue weighted by Gasteiger charge is 2.34. The average Bonchev–Trinajstić information content (AvgIpc) is 2.76. The molecular formula is C23H30ClN3O2. The molecule has 1 aliphatic rings. The Morgan fingerprint density at radius 2 is 1.76 bits per heavy atom. The SMILES string of the molecule is CCOc1ccc(C2(CNC(=NC)NCc3ccc(Cl)cc3)CCOCC2)cc1. The van der Waals surface area contributed by atoms with Crippen LogP contribution >= 0.6 is 11.6 Å². The van der Waals surface area contributed by atoms with E-state index in [2.05, 4.69) is 39.9 Å². The van der Waals surface area contributed by atoms with E-state index in [1.165, 1.54) is 5.56 Å². The van der Waals surface area contributed by atoms with Crippen molar-refractivity contribution in [3.05, 3.63) is 64.7 Å². The molecule has 0 bridgehead atoms. The minimum atomic E-state index is 0.0148. The van der Waals surface area contributed by atoms with Gasteiger partial charge in [-0.3, -0.25) is 4.99 Å². The van der Waals surface area contributed by atoms with Crippen LogP contribution in [0.5, 0.6) is 5.75 Å². The fourth-order valence-corrected chi connectivity index (χ4v) is 3.79. The summed E-state index contributed by atoms with van der Waals surface area (Å²) in [6.07, 6.45) is 1.95. The number of benzene rings is 2. The van der Waals surface area contributed by atoms with Gasteiger partial charge >= 0.3 is 0 Å². The zero-order valence-corrected chi connectivity index (χ0v) is 18.0. The van der Waals surface area contributed by atoms with E-state index < -0.39 is 0 Å². The molecule has 3 rings (SSSR count). The van der Waals surface area contributed by atoms with Gasteiger partial charge in [0.1, 0.15) is 5.75 Å². The zero-order valence-electron chi connectivity index (χ0n) is 17.2. The van der Waals surface area contributed by atoms with Crippen molar-refractivity contribution in [2.45, 2.75) is 31.7 Å². The Morgan fingerprint density at radius 3 is 2.38 bits per heavy atom. The normalized spacial score (nSPS) is 16.3. The Morgan fingerprint density at radius 1 is 1.07 bits per heavy atom. The van der Waals surface area contributed by atoms with Crippen LogP contribution in [0.15, 0.2) is 53.5 Å². The number of hydrogen-bond acceptors (Lipinski definition) is 3. The third-order valence-corrected chi connectivity index (χ3v) is 5.67. The highest BCUT2D eigenvalue weighted by Crippen LogP contribution is 2.35. The van der Waals surface area contributed by atoms with E-state index in [1.54, 1.807) is 7.05 Å². The fraction of sp³-hybridized carbons (Fsp3) is 0.435. The summed E-state index contributed by atoms with van der Waals surface area (Å²) in [5.41, 5.74) is 2.48.